The maximum absolute atomic E-state index is 12.4. The Morgan fingerprint density at radius 2 is 2.12 bits per heavy atom. The van der Waals surface area contributed by atoms with Gasteiger partial charge < -0.3 is 10.1 Å². The van der Waals surface area contributed by atoms with Gasteiger partial charge in [-0.3, -0.25) is 19.0 Å². The smallest absolute Gasteiger partial charge is 0.271 e. The van der Waals surface area contributed by atoms with Gasteiger partial charge in [-0.25, -0.2) is 4.98 Å². The number of nitrogens with one attached hydrogen (secondary N) is 1. The van der Waals surface area contributed by atoms with E-state index >= 15 is 0 Å². The van der Waals surface area contributed by atoms with Gasteiger partial charge in [0.15, 0.2) is 4.96 Å². The Morgan fingerprint density at radius 1 is 1.24 bits per heavy atom. The van der Waals surface area contributed by atoms with E-state index in [1.165, 1.54) is 28.1 Å². The van der Waals surface area contributed by atoms with Crippen LogP contribution in [0.15, 0.2) is 53.0 Å². The minimum atomic E-state index is -0.521. The molecule has 0 aliphatic rings. The predicted octanol–water partition coefficient (Wildman–Crippen LogP) is 2.57. The van der Waals surface area contributed by atoms with Crippen molar-refractivity contribution in [3.05, 3.63) is 64.2 Å². The summed E-state index contributed by atoms with van der Waals surface area (Å²) < 4.78 is 6.52. The molecule has 0 saturated carbocycles. The molecule has 8 heteroatoms. The quantitative estimate of drug-likeness (QED) is 0.612. The predicted molar refractivity (Wildman–Crippen MR) is 95.6 cm³/mol. The zero-order valence-corrected chi connectivity index (χ0v) is 13.9. The highest BCUT2D eigenvalue weighted by Crippen LogP contribution is 2.21. The summed E-state index contributed by atoms with van der Waals surface area (Å²) in [6.45, 7) is 0. The highest BCUT2D eigenvalue weighted by atomic mass is 32.1. The molecule has 1 amide bonds. The number of carbonyl (C=O) groups excluding carboxylic acids is 1. The van der Waals surface area contributed by atoms with Crippen LogP contribution in [-0.4, -0.2) is 27.4 Å². The van der Waals surface area contributed by atoms with Crippen LogP contribution in [0.25, 0.3) is 15.9 Å². The SMILES string of the molecule is COc1ccc2cc(NC(=O)c3cnc4sccn4c3=O)cnc2c1. The molecule has 0 radical (unpaired) electrons. The molecule has 0 unspecified atom stereocenters. The van der Waals surface area contributed by atoms with E-state index < -0.39 is 11.5 Å². The third-order valence-corrected chi connectivity index (χ3v) is 4.51. The van der Waals surface area contributed by atoms with Gasteiger partial charge in [0.05, 0.1) is 24.5 Å². The van der Waals surface area contributed by atoms with Crippen molar-refractivity contribution in [3.63, 3.8) is 0 Å². The van der Waals surface area contributed by atoms with E-state index in [4.69, 9.17) is 4.74 Å². The number of anilines is 1. The number of pyridine rings is 1. The summed E-state index contributed by atoms with van der Waals surface area (Å²) in [4.78, 5) is 33.7. The Labute approximate surface area is 145 Å². The Hall–Kier alpha value is -3.26. The van der Waals surface area contributed by atoms with Crippen molar-refractivity contribution in [2.24, 2.45) is 0 Å². The summed E-state index contributed by atoms with van der Waals surface area (Å²) in [6, 6.07) is 7.26. The molecule has 4 rings (SSSR count). The molecule has 7 nitrogen and oxygen atoms in total. The second kappa shape index (κ2) is 5.99. The average Bonchev–Trinajstić information content (AvgIpc) is 3.11. The van der Waals surface area contributed by atoms with E-state index in [9.17, 15) is 9.59 Å². The largest absolute Gasteiger partial charge is 0.497 e. The molecule has 0 bridgehead atoms. The van der Waals surface area contributed by atoms with Crippen LogP contribution in [0.5, 0.6) is 5.75 Å². The first-order chi connectivity index (χ1) is 12.2. The van der Waals surface area contributed by atoms with Gasteiger partial charge in [0.1, 0.15) is 11.3 Å². The fourth-order valence-electron chi connectivity index (χ4n) is 2.48. The lowest BCUT2D eigenvalue weighted by atomic mass is 10.2. The molecule has 0 spiro atoms. The maximum Gasteiger partial charge on any atom is 0.271 e. The molecule has 0 aliphatic heterocycles. The number of rotatable bonds is 3. The molecule has 0 fully saturated rings. The minimum Gasteiger partial charge on any atom is -0.497 e. The first kappa shape index (κ1) is 15.3. The lowest BCUT2D eigenvalue weighted by Gasteiger charge is -2.07. The van der Waals surface area contributed by atoms with Crippen molar-refractivity contribution < 1.29 is 9.53 Å². The number of nitrogens with zero attached hydrogens (tertiary/aromatic N) is 3. The standard InChI is InChI=1S/C17H12N4O3S/c1-24-12-3-2-10-6-11(8-18-14(10)7-12)20-15(22)13-9-19-17-21(16(13)23)4-5-25-17/h2-9H,1H3,(H,20,22). The third-order valence-electron chi connectivity index (χ3n) is 3.74. The summed E-state index contributed by atoms with van der Waals surface area (Å²) in [5.74, 6) is 0.188. The topological polar surface area (TPSA) is 85.6 Å². The Kier molecular flexibility index (Phi) is 3.66. The van der Waals surface area contributed by atoms with Gasteiger partial charge in [-0.2, -0.15) is 0 Å². The monoisotopic (exact) mass is 352 g/mol. The second-order valence-corrected chi connectivity index (χ2v) is 6.14. The number of fused-ring (bicyclic) bond motifs is 2. The zero-order valence-electron chi connectivity index (χ0n) is 13.1. The number of benzene rings is 1. The number of hydrogen-bond donors (Lipinski definition) is 1. The van der Waals surface area contributed by atoms with E-state index in [-0.39, 0.29) is 5.56 Å². The van der Waals surface area contributed by atoms with E-state index in [0.29, 0.717) is 16.4 Å². The van der Waals surface area contributed by atoms with Crippen LogP contribution in [0.3, 0.4) is 0 Å². The van der Waals surface area contributed by atoms with E-state index in [2.05, 4.69) is 15.3 Å². The molecule has 3 aromatic heterocycles. The van der Waals surface area contributed by atoms with Crippen LogP contribution in [-0.2, 0) is 0 Å². The van der Waals surface area contributed by atoms with Crippen LogP contribution in [0.4, 0.5) is 5.69 Å². The molecule has 0 aliphatic carbocycles. The molecule has 25 heavy (non-hydrogen) atoms. The molecular weight excluding hydrogens is 340 g/mol. The Balaban J connectivity index is 1.66. The fraction of sp³-hybridized carbons (Fsp3) is 0.0588. The third kappa shape index (κ3) is 2.72. The van der Waals surface area contributed by atoms with Crippen LogP contribution in [0.2, 0.25) is 0 Å². The van der Waals surface area contributed by atoms with Crippen LogP contribution in [0, 0.1) is 0 Å². The minimum absolute atomic E-state index is 0.0225. The maximum atomic E-state index is 12.4. The number of ether oxygens (including phenoxy) is 1. The summed E-state index contributed by atoms with van der Waals surface area (Å²) in [7, 11) is 1.59. The lowest BCUT2D eigenvalue weighted by Crippen LogP contribution is -2.25. The van der Waals surface area contributed by atoms with Gasteiger partial charge in [0.2, 0.25) is 0 Å². The fourth-order valence-corrected chi connectivity index (χ4v) is 3.15. The molecule has 1 N–H and O–H groups in total. The number of thiazole rings is 1. The molecule has 1 aromatic carbocycles. The highest BCUT2D eigenvalue weighted by Gasteiger charge is 2.14. The number of aromatic nitrogens is 3. The second-order valence-electron chi connectivity index (χ2n) is 5.27. The highest BCUT2D eigenvalue weighted by molar-refractivity contribution is 7.15. The van der Waals surface area contributed by atoms with Gasteiger partial charge in [-0.05, 0) is 18.2 Å². The number of hydrogen-bond acceptors (Lipinski definition) is 6. The first-order valence-electron chi connectivity index (χ1n) is 7.36. The van der Waals surface area contributed by atoms with Crippen LogP contribution in [0.1, 0.15) is 10.4 Å². The van der Waals surface area contributed by atoms with E-state index in [1.54, 1.807) is 24.8 Å². The molecule has 3 heterocycles. The summed E-state index contributed by atoms with van der Waals surface area (Å²) in [5.41, 5.74) is 0.823. The first-order valence-corrected chi connectivity index (χ1v) is 8.24. The molecule has 124 valence electrons. The van der Waals surface area contributed by atoms with Gasteiger partial charge in [0, 0.05) is 29.2 Å². The summed E-state index contributed by atoms with van der Waals surface area (Å²) in [5, 5.41) is 5.29. The van der Waals surface area contributed by atoms with Crippen LogP contribution >= 0.6 is 11.3 Å². The molecule has 0 saturated heterocycles. The van der Waals surface area contributed by atoms with E-state index in [0.717, 1.165) is 10.9 Å². The van der Waals surface area contributed by atoms with E-state index in [1.807, 2.05) is 18.2 Å². The van der Waals surface area contributed by atoms with Crippen molar-refractivity contribution in [2.45, 2.75) is 0 Å². The molecule has 0 atom stereocenters. The van der Waals surface area contributed by atoms with Gasteiger partial charge >= 0.3 is 0 Å². The summed E-state index contributed by atoms with van der Waals surface area (Å²) in [6.07, 6.45) is 4.42. The molecule has 4 aromatic rings. The van der Waals surface area contributed by atoms with Gasteiger partial charge in [0.25, 0.3) is 11.5 Å². The van der Waals surface area contributed by atoms with Gasteiger partial charge in [-0.1, -0.05) is 0 Å². The summed E-state index contributed by atoms with van der Waals surface area (Å²) >= 11 is 1.33. The van der Waals surface area contributed by atoms with Crippen molar-refractivity contribution in [3.8, 4) is 5.75 Å². The number of carbonyl (C=O) groups is 1. The lowest BCUT2D eigenvalue weighted by molar-refractivity contribution is 0.102. The Morgan fingerprint density at radius 3 is 2.96 bits per heavy atom. The number of amides is 1. The van der Waals surface area contributed by atoms with Crippen molar-refractivity contribution in [2.75, 3.05) is 12.4 Å². The normalized spacial score (nSPS) is 10.9. The van der Waals surface area contributed by atoms with Crippen molar-refractivity contribution in [1.29, 1.82) is 0 Å². The van der Waals surface area contributed by atoms with Crippen molar-refractivity contribution >= 4 is 38.8 Å². The van der Waals surface area contributed by atoms with Gasteiger partial charge in [-0.15, -0.1) is 11.3 Å². The Bertz CT molecular complexity index is 1170. The zero-order chi connectivity index (χ0) is 17.4. The van der Waals surface area contributed by atoms with Crippen molar-refractivity contribution in [1.82, 2.24) is 14.4 Å². The number of methoxy groups -OCH3 is 1. The van der Waals surface area contributed by atoms with Crippen LogP contribution < -0.4 is 15.6 Å². The molecular formula is C17H12N4O3S. The average molecular weight is 352 g/mol.